The molecule has 0 bridgehead atoms. The van der Waals surface area contributed by atoms with Gasteiger partial charge in [-0.15, -0.1) is 9.24 Å². The Labute approximate surface area is 171 Å². The van der Waals surface area contributed by atoms with E-state index in [0.717, 1.165) is 30.8 Å². The van der Waals surface area contributed by atoms with Crippen LogP contribution in [-0.2, 0) is 6.54 Å². The monoisotopic (exact) mass is 400 g/mol. The maximum Gasteiger partial charge on any atom is 0.129 e. The standard InChI is InChI=1S/C22H33N4OP/c1-17(2)11-12-26(24)15-20(23)16-27-21-10-6-7-18(13-21)14-25-22(28)19-8-4-3-5-9-19/h3-10,13,15,17,22,25H,11-12,14,16,23-24,28H2,1-2H3/b20-15-. The summed E-state index contributed by atoms with van der Waals surface area (Å²) in [5, 5.41) is 5.13. The van der Waals surface area contributed by atoms with Gasteiger partial charge in [-0.25, -0.2) is 5.84 Å². The normalized spacial score (nSPS) is 12.8. The summed E-state index contributed by atoms with van der Waals surface area (Å²) in [6, 6.07) is 18.4. The first-order chi connectivity index (χ1) is 13.4. The second-order valence-corrected chi connectivity index (χ2v) is 8.00. The highest BCUT2D eigenvalue weighted by atomic mass is 31.0. The third-order valence-corrected chi connectivity index (χ3v) is 4.91. The van der Waals surface area contributed by atoms with Crippen LogP contribution in [-0.4, -0.2) is 18.2 Å². The van der Waals surface area contributed by atoms with Crippen molar-refractivity contribution >= 4 is 9.24 Å². The molecule has 0 amide bonds. The predicted molar refractivity (Wildman–Crippen MR) is 120 cm³/mol. The largest absolute Gasteiger partial charge is 0.487 e. The molecule has 0 aliphatic carbocycles. The highest BCUT2D eigenvalue weighted by molar-refractivity contribution is 7.17. The second-order valence-electron chi connectivity index (χ2n) is 7.33. The number of nitrogens with zero attached hydrogens (tertiary/aromatic N) is 1. The third kappa shape index (κ3) is 8.30. The SMILES string of the molecule is CC(C)CCN(N)/C=C(\N)COc1cccc(CNC(P)c2ccccc2)c1. The summed E-state index contributed by atoms with van der Waals surface area (Å²) in [6.07, 6.45) is 2.77. The molecule has 2 unspecified atom stereocenters. The zero-order chi connectivity index (χ0) is 20.4. The summed E-state index contributed by atoms with van der Waals surface area (Å²) in [5.41, 5.74) is 9.02. The Kier molecular flexibility index (Phi) is 9.29. The van der Waals surface area contributed by atoms with Crippen LogP contribution < -0.4 is 21.6 Å². The van der Waals surface area contributed by atoms with E-state index in [2.05, 4.69) is 46.6 Å². The summed E-state index contributed by atoms with van der Waals surface area (Å²) in [6.45, 7) is 6.17. The maximum atomic E-state index is 6.03. The number of hydrogen-bond donors (Lipinski definition) is 3. The van der Waals surface area contributed by atoms with Crippen molar-refractivity contribution in [1.29, 1.82) is 0 Å². The predicted octanol–water partition coefficient (Wildman–Crippen LogP) is 3.75. The van der Waals surface area contributed by atoms with Gasteiger partial charge in [-0.1, -0.05) is 56.3 Å². The van der Waals surface area contributed by atoms with Crippen LogP contribution in [0.25, 0.3) is 0 Å². The molecular weight excluding hydrogens is 367 g/mol. The first-order valence-corrected chi connectivity index (χ1v) is 10.3. The van der Waals surface area contributed by atoms with Crippen molar-refractivity contribution in [2.75, 3.05) is 13.2 Å². The first-order valence-electron chi connectivity index (χ1n) is 9.67. The molecule has 0 heterocycles. The fourth-order valence-corrected chi connectivity index (χ4v) is 2.98. The van der Waals surface area contributed by atoms with Crippen molar-refractivity contribution < 1.29 is 4.74 Å². The summed E-state index contributed by atoms with van der Waals surface area (Å²) in [5.74, 6) is 7.54. The number of benzene rings is 2. The van der Waals surface area contributed by atoms with E-state index in [1.54, 1.807) is 11.2 Å². The molecule has 0 radical (unpaired) electrons. The Bertz CT molecular complexity index is 736. The fourth-order valence-electron chi connectivity index (χ4n) is 2.64. The molecule has 0 spiro atoms. The molecule has 0 saturated carbocycles. The van der Waals surface area contributed by atoms with Crippen LogP contribution in [0.5, 0.6) is 5.75 Å². The molecular formula is C22H33N4OP. The average molecular weight is 401 g/mol. The summed E-state index contributed by atoms with van der Waals surface area (Å²) in [7, 11) is 2.84. The smallest absolute Gasteiger partial charge is 0.129 e. The van der Waals surface area contributed by atoms with Gasteiger partial charge in [0, 0.05) is 25.1 Å². The molecule has 0 saturated heterocycles. The van der Waals surface area contributed by atoms with Gasteiger partial charge in [-0.3, -0.25) is 0 Å². The summed E-state index contributed by atoms with van der Waals surface area (Å²) < 4.78 is 5.82. The molecule has 0 aliphatic heterocycles. The molecule has 0 aromatic heterocycles. The van der Waals surface area contributed by atoms with Crippen LogP contribution in [0, 0.1) is 5.92 Å². The van der Waals surface area contributed by atoms with E-state index in [9.17, 15) is 0 Å². The Morgan fingerprint density at radius 2 is 1.93 bits per heavy atom. The molecule has 152 valence electrons. The van der Waals surface area contributed by atoms with Crippen LogP contribution in [0.4, 0.5) is 0 Å². The van der Waals surface area contributed by atoms with E-state index in [1.807, 2.05) is 36.4 Å². The lowest BCUT2D eigenvalue weighted by molar-refractivity contribution is 0.328. The zero-order valence-corrected chi connectivity index (χ0v) is 18.0. The lowest BCUT2D eigenvalue weighted by Gasteiger charge is -2.17. The van der Waals surface area contributed by atoms with Crippen molar-refractivity contribution in [3.8, 4) is 5.75 Å². The molecule has 2 atom stereocenters. The van der Waals surface area contributed by atoms with Crippen LogP contribution >= 0.6 is 9.24 Å². The molecule has 5 nitrogen and oxygen atoms in total. The van der Waals surface area contributed by atoms with Gasteiger partial charge in [-0.05, 0) is 35.6 Å². The molecule has 28 heavy (non-hydrogen) atoms. The first kappa shape index (κ1) is 22.2. The summed E-state index contributed by atoms with van der Waals surface area (Å²) in [4.78, 5) is 0. The second kappa shape index (κ2) is 11.7. The number of hydrogen-bond acceptors (Lipinski definition) is 5. The highest BCUT2D eigenvalue weighted by Gasteiger charge is 2.05. The number of nitrogens with one attached hydrogen (secondary N) is 1. The molecule has 2 rings (SSSR count). The van der Waals surface area contributed by atoms with E-state index in [-0.39, 0.29) is 5.78 Å². The molecule has 5 N–H and O–H groups in total. The van der Waals surface area contributed by atoms with Crippen molar-refractivity contribution in [1.82, 2.24) is 10.3 Å². The van der Waals surface area contributed by atoms with E-state index in [4.69, 9.17) is 16.3 Å². The maximum absolute atomic E-state index is 6.03. The Hall–Kier alpha value is -2.07. The summed E-state index contributed by atoms with van der Waals surface area (Å²) >= 11 is 0. The third-order valence-electron chi connectivity index (χ3n) is 4.29. The minimum atomic E-state index is 0.200. The Morgan fingerprint density at radius 3 is 2.64 bits per heavy atom. The van der Waals surface area contributed by atoms with E-state index >= 15 is 0 Å². The van der Waals surface area contributed by atoms with Gasteiger partial charge in [0.05, 0.1) is 5.70 Å². The van der Waals surface area contributed by atoms with Crippen LogP contribution in [0.2, 0.25) is 0 Å². The lowest BCUT2D eigenvalue weighted by Crippen LogP contribution is -2.29. The average Bonchev–Trinajstić information content (AvgIpc) is 2.70. The zero-order valence-electron chi connectivity index (χ0n) is 16.8. The minimum Gasteiger partial charge on any atom is -0.487 e. The fraction of sp³-hybridized carbons (Fsp3) is 0.364. The highest BCUT2D eigenvalue weighted by Crippen LogP contribution is 2.21. The number of nitrogens with two attached hydrogens (primary N) is 2. The number of ether oxygens (including phenoxy) is 1. The van der Waals surface area contributed by atoms with Crippen molar-refractivity contribution in [3.63, 3.8) is 0 Å². The van der Waals surface area contributed by atoms with Crippen molar-refractivity contribution in [2.45, 2.75) is 32.6 Å². The molecule has 2 aromatic rings. The van der Waals surface area contributed by atoms with Crippen LogP contribution in [0.1, 0.15) is 37.2 Å². The van der Waals surface area contributed by atoms with Crippen LogP contribution in [0.15, 0.2) is 66.5 Å². The van der Waals surface area contributed by atoms with Crippen molar-refractivity contribution in [2.24, 2.45) is 17.5 Å². The van der Waals surface area contributed by atoms with E-state index < -0.39 is 0 Å². The lowest BCUT2D eigenvalue weighted by atomic mass is 10.1. The van der Waals surface area contributed by atoms with Gasteiger partial charge >= 0.3 is 0 Å². The van der Waals surface area contributed by atoms with Gasteiger partial charge in [0.2, 0.25) is 0 Å². The number of rotatable bonds is 11. The molecule has 6 heteroatoms. The molecule has 2 aromatic carbocycles. The van der Waals surface area contributed by atoms with Gasteiger partial charge in [0.25, 0.3) is 0 Å². The van der Waals surface area contributed by atoms with Gasteiger partial charge in [-0.2, -0.15) is 0 Å². The molecule has 0 aliphatic rings. The van der Waals surface area contributed by atoms with Gasteiger partial charge in [0.1, 0.15) is 12.4 Å². The topological polar surface area (TPSA) is 76.5 Å². The quantitative estimate of drug-likeness (QED) is 0.304. The van der Waals surface area contributed by atoms with E-state index in [1.165, 1.54) is 5.56 Å². The minimum absolute atomic E-state index is 0.200. The van der Waals surface area contributed by atoms with Crippen molar-refractivity contribution in [3.05, 3.63) is 77.6 Å². The Balaban J connectivity index is 1.82. The van der Waals surface area contributed by atoms with E-state index in [0.29, 0.717) is 18.2 Å². The van der Waals surface area contributed by atoms with Gasteiger partial charge < -0.3 is 20.8 Å². The van der Waals surface area contributed by atoms with Gasteiger partial charge in [0.15, 0.2) is 0 Å². The number of hydrazine groups is 1. The Morgan fingerprint density at radius 1 is 1.18 bits per heavy atom. The van der Waals surface area contributed by atoms with Crippen LogP contribution in [0.3, 0.4) is 0 Å². The molecule has 0 fully saturated rings.